The molecule has 0 unspecified atom stereocenters. The number of piperidine rings is 1. The van der Waals surface area contributed by atoms with E-state index in [0.29, 0.717) is 12.1 Å². The Balaban J connectivity index is 1.57. The summed E-state index contributed by atoms with van der Waals surface area (Å²) in [5.41, 5.74) is -4.94. The average Bonchev–Trinajstić information content (AvgIpc) is 3.15. The molecule has 166 valence electrons. The minimum atomic E-state index is -5.70. The lowest BCUT2D eigenvalue weighted by molar-refractivity contribution is -0.127. The molecule has 1 aromatic carbocycles. The van der Waals surface area contributed by atoms with Gasteiger partial charge in [-0.25, -0.2) is 0 Å². The highest BCUT2D eigenvalue weighted by Crippen LogP contribution is 2.27. The lowest BCUT2D eigenvalue weighted by atomic mass is 10.1. The van der Waals surface area contributed by atoms with Crippen molar-refractivity contribution in [3.63, 3.8) is 0 Å². The minimum absolute atomic E-state index is 0.102. The van der Waals surface area contributed by atoms with Crippen LogP contribution >= 0.6 is 0 Å². The normalized spacial score (nSPS) is 21.3. The Morgan fingerprint density at radius 2 is 1.73 bits per heavy atom. The molecule has 1 aromatic rings. The zero-order valence-electron chi connectivity index (χ0n) is 16.5. The third kappa shape index (κ3) is 5.75. The summed E-state index contributed by atoms with van der Waals surface area (Å²) < 4.78 is 63.2. The molecule has 0 aromatic heterocycles. The first kappa shape index (κ1) is 22.6. The molecule has 0 saturated carbocycles. The summed E-state index contributed by atoms with van der Waals surface area (Å²) in [6.45, 7) is 3.75. The molecule has 1 atom stereocenters. The van der Waals surface area contributed by atoms with Crippen LogP contribution in [0.15, 0.2) is 30.3 Å². The summed E-state index contributed by atoms with van der Waals surface area (Å²) in [6.07, 6.45) is 8.61. The van der Waals surface area contributed by atoms with Crippen molar-refractivity contribution in [2.24, 2.45) is 0 Å². The fourth-order valence-electron chi connectivity index (χ4n) is 3.83. The molecule has 2 aliphatic heterocycles. The predicted octanol–water partition coefficient (Wildman–Crippen LogP) is 3.41. The van der Waals surface area contributed by atoms with Crippen molar-refractivity contribution in [2.75, 3.05) is 26.2 Å². The van der Waals surface area contributed by atoms with Crippen LogP contribution < -0.4 is 4.18 Å². The van der Waals surface area contributed by atoms with E-state index >= 15 is 0 Å². The molecule has 30 heavy (non-hydrogen) atoms. The Morgan fingerprint density at radius 1 is 1.07 bits per heavy atom. The maximum Gasteiger partial charge on any atom is 0.534 e. The van der Waals surface area contributed by atoms with Gasteiger partial charge in [0, 0.05) is 25.2 Å². The molecule has 0 bridgehead atoms. The van der Waals surface area contributed by atoms with Crippen molar-refractivity contribution in [1.82, 2.24) is 9.80 Å². The summed E-state index contributed by atoms with van der Waals surface area (Å²) in [6, 6.07) is 5.20. The number of amides is 1. The highest BCUT2D eigenvalue weighted by molar-refractivity contribution is 7.88. The van der Waals surface area contributed by atoms with Gasteiger partial charge in [-0.05, 0) is 62.5 Å². The maximum absolute atomic E-state index is 12.6. The summed E-state index contributed by atoms with van der Waals surface area (Å²) in [4.78, 5) is 16.9. The Morgan fingerprint density at radius 3 is 2.37 bits per heavy atom. The molecule has 6 nitrogen and oxygen atoms in total. The highest BCUT2D eigenvalue weighted by Gasteiger charge is 2.48. The smallest absolute Gasteiger partial charge is 0.376 e. The summed E-state index contributed by atoms with van der Waals surface area (Å²) in [7, 11) is -5.70. The van der Waals surface area contributed by atoms with Gasteiger partial charge in [-0.15, -0.1) is 0 Å². The van der Waals surface area contributed by atoms with Gasteiger partial charge in [-0.2, -0.15) is 21.6 Å². The number of hydrogen-bond acceptors (Lipinski definition) is 5. The second kappa shape index (κ2) is 9.38. The van der Waals surface area contributed by atoms with Crippen LogP contribution in [-0.4, -0.2) is 61.9 Å². The Kier molecular flexibility index (Phi) is 7.07. The van der Waals surface area contributed by atoms with Gasteiger partial charge in [-0.1, -0.05) is 18.6 Å². The van der Waals surface area contributed by atoms with E-state index in [1.54, 1.807) is 6.08 Å². The van der Waals surface area contributed by atoms with Crippen LogP contribution in [0.25, 0.3) is 6.08 Å². The largest absolute Gasteiger partial charge is 0.534 e. The fraction of sp³-hybridized carbons (Fsp3) is 0.550. The molecule has 0 N–H and O–H groups in total. The van der Waals surface area contributed by atoms with Crippen LogP contribution in [0.2, 0.25) is 0 Å². The first-order valence-corrected chi connectivity index (χ1v) is 11.4. The average molecular weight is 446 g/mol. The third-order valence-electron chi connectivity index (χ3n) is 5.37. The second-order valence-electron chi connectivity index (χ2n) is 7.57. The third-order valence-corrected chi connectivity index (χ3v) is 6.34. The van der Waals surface area contributed by atoms with Gasteiger partial charge >= 0.3 is 15.6 Å². The van der Waals surface area contributed by atoms with Crippen LogP contribution in [0.4, 0.5) is 13.2 Å². The predicted molar refractivity (Wildman–Crippen MR) is 106 cm³/mol. The number of hydrogen-bond donors (Lipinski definition) is 0. The molecule has 0 aliphatic carbocycles. The van der Waals surface area contributed by atoms with Crippen LogP contribution in [-0.2, 0) is 14.9 Å². The summed E-state index contributed by atoms with van der Waals surface area (Å²) in [5.74, 6) is -0.550. The van der Waals surface area contributed by atoms with Crippen LogP contribution in [0, 0.1) is 0 Å². The van der Waals surface area contributed by atoms with Crippen molar-refractivity contribution in [1.29, 1.82) is 0 Å². The van der Waals surface area contributed by atoms with Crippen LogP contribution in [0.3, 0.4) is 0 Å². The molecule has 10 heteroatoms. The van der Waals surface area contributed by atoms with E-state index in [-0.39, 0.29) is 11.9 Å². The van der Waals surface area contributed by atoms with Gasteiger partial charge in [0.2, 0.25) is 5.91 Å². The number of carbonyl (C=O) groups excluding carboxylic acids is 1. The zero-order chi connectivity index (χ0) is 21.8. The standard InChI is InChI=1S/C20H25F3N2O4S/c21-20(22,23)30(27,28)29-18-9-6-16(7-10-18)8-11-19(26)25-14-4-5-17(25)15-24-12-2-1-3-13-24/h6-11,17H,1-5,12-15H2/t17-/m0/s1. The van der Waals surface area contributed by atoms with Gasteiger partial charge in [0.15, 0.2) is 0 Å². The van der Waals surface area contributed by atoms with Gasteiger partial charge in [0.05, 0.1) is 0 Å². The Labute approximate surface area is 174 Å². The molecule has 3 rings (SSSR count). The van der Waals surface area contributed by atoms with Crippen molar-refractivity contribution >= 4 is 22.1 Å². The molecule has 0 spiro atoms. The van der Waals surface area contributed by atoms with E-state index in [1.807, 2.05) is 4.90 Å². The summed E-state index contributed by atoms with van der Waals surface area (Å²) in [5, 5.41) is 0. The van der Waals surface area contributed by atoms with E-state index in [0.717, 1.165) is 44.6 Å². The number of halogens is 3. The van der Waals surface area contributed by atoms with Crippen molar-refractivity contribution in [3.05, 3.63) is 35.9 Å². The monoisotopic (exact) mass is 446 g/mol. The van der Waals surface area contributed by atoms with E-state index in [2.05, 4.69) is 9.08 Å². The van der Waals surface area contributed by atoms with Crippen LogP contribution in [0.5, 0.6) is 5.75 Å². The molecule has 2 aliphatic rings. The molecule has 2 heterocycles. The molecule has 2 fully saturated rings. The lowest BCUT2D eigenvalue weighted by Crippen LogP contribution is -2.44. The lowest BCUT2D eigenvalue weighted by Gasteiger charge is -2.32. The van der Waals surface area contributed by atoms with Gasteiger partial charge in [-0.3, -0.25) is 4.79 Å². The van der Waals surface area contributed by atoms with E-state index in [9.17, 15) is 26.4 Å². The number of rotatable bonds is 6. The van der Waals surface area contributed by atoms with E-state index in [1.165, 1.54) is 37.5 Å². The first-order valence-electron chi connectivity index (χ1n) is 9.97. The molecular weight excluding hydrogens is 421 g/mol. The molecular formula is C20H25F3N2O4S. The van der Waals surface area contributed by atoms with E-state index in [4.69, 9.17) is 0 Å². The number of alkyl halides is 3. The quantitative estimate of drug-likeness (QED) is 0.381. The van der Waals surface area contributed by atoms with Crippen molar-refractivity contribution in [3.8, 4) is 5.75 Å². The molecule has 2 saturated heterocycles. The van der Waals surface area contributed by atoms with Crippen LogP contribution in [0.1, 0.15) is 37.7 Å². The van der Waals surface area contributed by atoms with Gasteiger partial charge in [0.1, 0.15) is 5.75 Å². The van der Waals surface area contributed by atoms with E-state index < -0.39 is 21.4 Å². The zero-order valence-corrected chi connectivity index (χ0v) is 17.3. The minimum Gasteiger partial charge on any atom is -0.376 e. The van der Waals surface area contributed by atoms with Gasteiger partial charge in [0.25, 0.3) is 0 Å². The number of carbonyl (C=O) groups is 1. The first-order chi connectivity index (χ1) is 14.2. The fourth-order valence-corrected chi connectivity index (χ4v) is 4.29. The van der Waals surface area contributed by atoms with Gasteiger partial charge < -0.3 is 14.0 Å². The maximum atomic E-state index is 12.6. The number of nitrogens with zero attached hydrogens (tertiary/aromatic N) is 2. The Hall–Kier alpha value is -2.07. The van der Waals surface area contributed by atoms with Crippen molar-refractivity contribution < 1.29 is 30.6 Å². The highest BCUT2D eigenvalue weighted by atomic mass is 32.2. The molecule has 1 amide bonds. The number of likely N-dealkylation sites (tertiary alicyclic amines) is 2. The Bertz CT molecular complexity index is 863. The second-order valence-corrected chi connectivity index (χ2v) is 9.11. The van der Waals surface area contributed by atoms with Crippen molar-refractivity contribution in [2.45, 2.75) is 43.7 Å². The SMILES string of the molecule is O=C(C=Cc1ccc(OS(=O)(=O)C(F)(F)F)cc1)N1CCC[C@H]1CN1CCCCC1. The molecule has 0 radical (unpaired) electrons. The summed E-state index contributed by atoms with van der Waals surface area (Å²) >= 11 is 0. The topological polar surface area (TPSA) is 66.9 Å². The number of benzene rings is 1.